The van der Waals surface area contributed by atoms with Gasteiger partial charge in [0.2, 0.25) is 0 Å². The average molecular weight is 311 g/mol. The van der Waals surface area contributed by atoms with E-state index in [1.807, 2.05) is 0 Å². The van der Waals surface area contributed by atoms with Crippen molar-refractivity contribution in [1.82, 2.24) is 5.32 Å². The number of carbonyl (C=O) groups is 2. The lowest BCUT2D eigenvalue weighted by atomic mass is 9.74. The van der Waals surface area contributed by atoms with E-state index >= 15 is 0 Å². The fraction of sp³-hybridized carbons (Fsp3) is 0.467. The molecule has 0 atom stereocenters. The van der Waals surface area contributed by atoms with Gasteiger partial charge in [-0.15, -0.1) is 0 Å². The summed E-state index contributed by atoms with van der Waals surface area (Å²) in [5.41, 5.74) is 5.54. The molecule has 2 rings (SSSR count). The molecule has 1 amide bonds. The van der Waals surface area contributed by atoms with E-state index in [4.69, 9.17) is 17.3 Å². The number of aliphatic carboxylic acids is 1. The summed E-state index contributed by atoms with van der Waals surface area (Å²) in [6.45, 7) is 0.143. The molecule has 0 bridgehead atoms. The first kappa shape index (κ1) is 15.6. The highest BCUT2D eigenvalue weighted by Crippen LogP contribution is 2.36. The molecule has 1 saturated carbocycles. The minimum absolute atomic E-state index is 0.143. The van der Waals surface area contributed by atoms with E-state index in [0.717, 1.165) is 19.3 Å². The van der Waals surface area contributed by atoms with E-state index < -0.39 is 11.4 Å². The molecule has 114 valence electrons. The summed E-state index contributed by atoms with van der Waals surface area (Å²) in [5.74, 6) is -1.16. The van der Waals surface area contributed by atoms with E-state index in [9.17, 15) is 14.7 Å². The van der Waals surface area contributed by atoms with Gasteiger partial charge in [-0.3, -0.25) is 9.59 Å². The van der Waals surface area contributed by atoms with Gasteiger partial charge in [0, 0.05) is 12.1 Å². The molecule has 1 fully saturated rings. The van der Waals surface area contributed by atoms with E-state index in [2.05, 4.69) is 5.32 Å². The fourth-order valence-corrected chi connectivity index (χ4v) is 2.85. The van der Waals surface area contributed by atoms with E-state index in [0.29, 0.717) is 29.1 Å². The normalized spacial score (nSPS) is 17.2. The van der Waals surface area contributed by atoms with Crippen LogP contribution in [0.3, 0.4) is 0 Å². The molecule has 0 aliphatic heterocycles. The Morgan fingerprint density at radius 1 is 1.29 bits per heavy atom. The van der Waals surface area contributed by atoms with Crippen LogP contribution in [0.4, 0.5) is 5.69 Å². The molecule has 0 radical (unpaired) electrons. The standard InChI is InChI=1S/C15H19ClN2O3/c16-11-5-4-10(8-12(11)17)13(19)18-9-15(14(20)21)6-2-1-3-7-15/h4-5,8H,1-3,6-7,9,17H2,(H,18,19)(H,20,21). The second-order valence-corrected chi connectivity index (χ2v) is 5.97. The summed E-state index contributed by atoms with van der Waals surface area (Å²) in [7, 11) is 0. The predicted molar refractivity (Wildman–Crippen MR) is 81.4 cm³/mol. The third kappa shape index (κ3) is 3.47. The van der Waals surface area contributed by atoms with Crippen molar-refractivity contribution in [3.63, 3.8) is 0 Å². The maximum absolute atomic E-state index is 12.1. The number of hydrogen-bond acceptors (Lipinski definition) is 3. The molecule has 1 aliphatic carbocycles. The molecular weight excluding hydrogens is 292 g/mol. The summed E-state index contributed by atoms with van der Waals surface area (Å²) in [6.07, 6.45) is 4.03. The van der Waals surface area contributed by atoms with E-state index in [1.54, 1.807) is 12.1 Å². The van der Waals surface area contributed by atoms with Gasteiger partial charge >= 0.3 is 5.97 Å². The SMILES string of the molecule is Nc1cc(C(=O)NCC2(C(=O)O)CCCCC2)ccc1Cl. The van der Waals surface area contributed by atoms with Gasteiger partial charge in [0.25, 0.3) is 5.91 Å². The maximum atomic E-state index is 12.1. The highest BCUT2D eigenvalue weighted by molar-refractivity contribution is 6.33. The Morgan fingerprint density at radius 3 is 2.52 bits per heavy atom. The van der Waals surface area contributed by atoms with Crippen molar-refractivity contribution in [2.75, 3.05) is 12.3 Å². The first-order valence-corrected chi connectivity index (χ1v) is 7.39. The fourth-order valence-electron chi connectivity index (χ4n) is 2.73. The number of carbonyl (C=O) groups excluding carboxylic acids is 1. The Labute approximate surface area is 128 Å². The Kier molecular flexibility index (Phi) is 4.73. The van der Waals surface area contributed by atoms with Gasteiger partial charge < -0.3 is 16.2 Å². The Morgan fingerprint density at radius 2 is 1.95 bits per heavy atom. The van der Waals surface area contributed by atoms with Crippen molar-refractivity contribution in [2.24, 2.45) is 5.41 Å². The van der Waals surface area contributed by atoms with Crippen molar-refractivity contribution in [2.45, 2.75) is 32.1 Å². The quantitative estimate of drug-likeness (QED) is 0.745. The zero-order chi connectivity index (χ0) is 15.5. The smallest absolute Gasteiger partial charge is 0.311 e. The molecule has 0 spiro atoms. The van der Waals surface area contributed by atoms with Crippen LogP contribution in [0.1, 0.15) is 42.5 Å². The van der Waals surface area contributed by atoms with Crippen LogP contribution in [0, 0.1) is 5.41 Å². The maximum Gasteiger partial charge on any atom is 0.311 e. The molecule has 21 heavy (non-hydrogen) atoms. The second kappa shape index (κ2) is 6.35. The van der Waals surface area contributed by atoms with Crippen molar-refractivity contribution in [3.05, 3.63) is 28.8 Å². The number of carboxylic acid groups (broad SMARTS) is 1. The molecule has 5 nitrogen and oxygen atoms in total. The first-order chi connectivity index (χ1) is 9.94. The van der Waals surface area contributed by atoms with Crippen molar-refractivity contribution in [3.8, 4) is 0 Å². The topological polar surface area (TPSA) is 92.4 Å². The van der Waals surface area contributed by atoms with Gasteiger partial charge in [0.05, 0.1) is 16.1 Å². The molecule has 1 aromatic carbocycles. The van der Waals surface area contributed by atoms with Crippen LogP contribution in [0.15, 0.2) is 18.2 Å². The van der Waals surface area contributed by atoms with Gasteiger partial charge in [0.1, 0.15) is 0 Å². The summed E-state index contributed by atoms with van der Waals surface area (Å²) in [4.78, 5) is 23.6. The molecule has 6 heteroatoms. The highest BCUT2D eigenvalue weighted by Gasteiger charge is 2.39. The van der Waals surface area contributed by atoms with Gasteiger partial charge in [-0.2, -0.15) is 0 Å². The summed E-state index contributed by atoms with van der Waals surface area (Å²) >= 11 is 5.81. The molecule has 1 aliphatic rings. The van der Waals surface area contributed by atoms with Crippen LogP contribution in [0.5, 0.6) is 0 Å². The lowest BCUT2D eigenvalue weighted by Crippen LogP contribution is -2.44. The number of anilines is 1. The Bertz CT molecular complexity index is 554. The molecular formula is C15H19ClN2O3. The number of nitrogen functional groups attached to an aromatic ring is 1. The Balaban J connectivity index is 2.05. The molecule has 0 unspecified atom stereocenters. The van der Waals surface area contributed by atoms with Gasteiger partial charge in [-0.25, -0.2) is 0 Å². The molecule has 1 aromatic rings. The zero-order valence-electron chi connectivity index (χ0n) is 11.7. The van der Waals surface area contributed by atoms with Gasteiger partial charge in [0.15, 0.2) is 0 Å². The predicted octanol–water partition coefficient (Wildman–Crippen LogP) is 2.69. The number of carboxylic acids is 1. The van der Waals surface area contributed by atoms with Crippen molar-refractivity contribution in [1.29, 1.82) is 0 Å². The van der Waals surface area contributed by atoms with Crippen LogP contribution in [0.25, 0.3) is 0 Å². The minimum atomic E-state index is -0.841. The van der Waals surface area contributed by atoms with Crippen LogP contribution < -0.4 is 11.1 Å². The highest BCUT2D eigenvalue weighted by atomic mass is 35.5. The van der Waals surface area contributed by atoms with Crippen LogP contribution in [-0.4, -0.2) is 23.5 Å². The molecule has 4 N–H and O–H groups in total. The van der Waals surface area contributed by atoms with Crippen molar-refractivity contribution >= 4 is 29.2 Å². The molecule has 0 aromatic heterocycles. The number of rotatable bonds is 4. The molecule has 0 saturated heterocycles. The Hall–Kier alpha value is -1.75. The van der Waals surface area contributed by atoms with Gasteiger partial charge in [-0.1, -0.05) is 30.9 Å². The van der Waals surface area contributed by atoms with Gasteiger partial charge in [-0.05, 0) is 31.0 Å². The third-order valence-corrected chi connectivity index (χ3v) is 4.45. The number of benzene rings is 1. The van der Waals surface area contributed by atoms with Crippen LogP contribution in [0.2, 0.25) is 5.02 Å². The number of halogens is 1. The zero-order valence-corrected chi connectivity index (χ0v) is 12.4. The van der Waals surface area contributed by atoms with Crippen LogP contribution in [-0.2, 0) is 4.79 Å². The third-order valence-electron chi connectivity index (χ3n) is 4.11. The summed E-state index contributed by atoms with van der Waals surface area (Å²) in [6, 6.07) is 4.62. The lowest BCUT2D eigenvalue weighted by molar-refractivity contribution is -0.150. The minimum Gasteiger partial charge on any atom is -0.481 e. The lowest BCUT2D eigenvalue weighted by Gasteiger charge is -2.33. The van der Waals surface area contributed by atoms with E-state index in [-0.39, 0.29) is 12.5 Å². The first-order valence-electron chi connectivity index (χ1n) is 7.01. The summed E-state index contributed by atoms with van der Waals surface area (Å²) in [5, 5.41) is 12.6. The monoisotopic (exact) mass is 310 g/mol. The number of hydrogen-bond donors (Lipinski definition) is 3. The largest absolute Gasteiger partial charge is 0.481 e. The number of amides is 1. The van der Waals surface area contributed by atoms with E-state index in [1.165, 1.54) is 6.07 Å². The molecule has 0 heterocycles. The van der Waals surface area contributed by atoms with Crippen LogP contribution >= 0.6 is 11.6 Å². The average Bonchev–Trinajstić information content (AvgIpc) is 2.48. The summed E-state index contributed by atoms with van der Waals surface area (Å²) < 4.78 is 0. The second-order valence-electron chi connectivity index (χ2n) is 5.57. The number of nitrogens with one attached hydrogen (secondary N) is 1. The van der Waals surface area contributed by atoms with Crippen molar-refractivity contribution < 1.29 is 14.7 Å². The number of nitrogens with two attached hydrogens (primary N) is 1.